The van der Waals surface area contributed by atoms with E-state index in [1.807, 2.05) is 4.90 Å². The predicted molar refractivity (Wildman–Crippen MR) is 76.0 cm³/mol. The molecule has 0 atom stereocenters. The van der Waals surface area contributed by atoms with Crippen LogP contribution in [0.15, 0.2) is 18.2 Å². The van der Waals surface area contributed by atoms with Crippen molar-refractivity contribution < 1.29 is 19.1 Å². The Morgan fingerprint density at radius 2 is 1.90 bits per heavy atom. The van der Waals surface area contributed by atoms with Gasteiger partial charge in [0.2, 0.25) is 0 Å². The van der Waals surface area contributed by atoms with Crippen molar-refractivity contribution in [2.24, 2.45) is 0 Å². The Morgan fingerprint density at radius 3 is 2.48 bits per heavy atom. The van der Waals surface area contributed by atoms with E-state index in [4.69, 9.17) is 16.7 Å². The van der Waals surface area contributed by atoms with Gasteiger partial charge < -0.3 is 10.0 Å². The van der Waals surface area contributed by atoms with Crippen molar-refractivity contribution in [2.45, 2.75) is 6.42 Å². The number of carboxylic acid groups (broad SMARTS) is 1. The number of aliphatic carboxylic acids is 1. The summed E-state index contributed by atoms with van der Waals surface area (Å²) in [7, 11) is 0. The summed E-state index contributed by atoms with van der Waals surface area (Å²) in [5, 5.41) is 8.75. The highest BCUT2D eigenvalue weighted by atomic mass is 35.5. The second-order valence-electron chi connectivity index (χ2n) is 4.87. The largest absolute Gasteiger partial charge is 0.481 e. The van der Waals surface area contributed by atoms with Gasteiger partial charge in [-0.1, -0.05) is 17.7 Å². The molecule has 1 fully saturated rings. The van der Waals surface area contributed by atoms with E-state index in [2.05, 4.69) is 0 Å². The molecule has 1 aliphatic heterocycles. The maximum Gasteiger partial charge on any atom is 0.304 e. The zero-order chi connectivity index (χ0) is 15.4. The summed E-state index contributed by atoms with van der Waals surface area (Å²) in [6, 6.07) is 4.15. The fraction of sp³-hybridized carbons (Fsp3) is 0.429. The minimum atomic E-state index is -0.841. The van der Waals surface area contributed by atoms with Crippen LogP contribution in [-0.2, 0) is 4.79 Å². The lowest BCUT2D eigenvalue weighted by Gasteiger charge is -2.34. The van der Waals surface area contributed by atoms with Gasteiger partial charge in [-0.3, -0.25) is 14.5 Å². The first-order valence-electron chi connectivity index (χ1n) is 6.66. The molecule has 0 radical (unpaired) electrons. The molecule has 1 heterocycles. The molecule has 0 bridgehead atoms. The van der Waals surface area contributed by atoms with E-state index >= 15 is 0 Å². The molecule has 1 aromatic carbocycles. The van der Waals surface area contributed by atoms with Crippen LogP contribution >= 0.6 is 11.6 Å². The maximum absolute atomic E-state index is 13.7. The number of hydrogen-bond acceptors (Lipinski definition) is 3. The SMILES string of the molecule is O=C(O)CCN1CCN(C(=O)c2c(F)cccc2Cl)CC1. The highest BCUT2D eigenvalue weighted by molar-refractivity contribution is 6.33. The van der Waals surface area contributed by atoms with Gasteiger partial charge in [0.05, 0.1) is 17.0 Å². The first-order chi connectivity index (χ1) is 9.99. The van der Waals surface area contributed by atoms with Crippen molar-refractivity contribution in [1.82, 2.24) is 9.80 Å². The summed E-state index contributed by atoms with van der Waals surface area (Å²) in [5.41, 5.74) is -0.0989. The first kappa shape index (κ1) is 15.7. The first-order valence-corrected chi connectivity index (χ1v) is 7.04. The van der Waals surface area contributed by atoms with Crippen LogP contribution in [0.3, 0.4) is 0 Å². The Morgan fingerprint density at radius 1 is 1.24 bits per heavy atom. The molecule has 1 N–H and O–H groups in total. The number of rotatable bonds is 4. The summed E-state index contributed by atoms with van der Waals surface area (Å²) in [5.74, 6) is -1.89. The van der Waals surface area contributed by atoms with Crippen LogP contribution in [0.5, 0.6) is 0 Å². The highest BCUT2D eigenvalue weighted by Crippen LogP contribution is 2.21. The minimum Gasteiger partial charge on any atom is -0.481 e. The fourth-order valence-corrected chi connectivity index (χ4v) is 2.53. The third-order valence-electron chi connectivity index (χ3n) is 3.48. The van der Waals surface area contributed by atoms with E-state index in [1.54, 1.807) is 4.90 Å². The smallest absolute Gasteiger partial charge is 0.304 e. The topological polar surface area (TPSA) is 60.9 Å². The molecule has 0 spiro atoms. The van der Waals surface area contributed by atoms with Gasteiger partial charge in [0, 0.05) is 32.7 Å². The number of carboxylic acids is 1. The van der Waals surface area contributed by atoms with Crippen LogP contribution in [0.4, 0.5) is 4.39 Å². The van der Waals surface area contributed by atoms with Crippen LogP contribution in [0.1, 0.15) is 16.8 Å². The summed E-state index contributed by atoms with van der Waals surface area (Å²) in [6.07, 6.45) is 0.0765. The van der Waals surface area contributed by atoms with E-state index in [1.165, 1.54) is 18.2 Å². The Hall–Kier alpha value is -1.66. The Bertz CT molecular complexity index is 525. The van der Waals surface area contributed by atoms with Crippen LogP contribution in [0, 0.1) is 5.82 Å². The third-order valence-corrected chi connectivity index (χ3v) is 3.79. The number of carbonyl (C=O) groups is 2. The van der Waals surface area contributed by atoms with Gasteiger partial charge in [-0.2, -0.15) is 0 Å². The van der Waals surface area contributed by atoms with Crippen LogP contribution in [0.25, 0.3) is 0 Å². The van der Waals surface area contributed by atoms with Crippen molar-refractivity contribution in [1.29, 1.82) is 0 Å². The van der Waals surface area contributed by atoms with E-state index < -0.39 is 17.7 Å². The van der Waals surface area contributed by atoms with Gasteiger partial charge in [0.15, 0.2) is 0 Å². The standard InChI is InChI=1S/C14H16ClFN2O3/c15-10-2-1-3-11(16)13(10)14(21)18-8-6-17(7-9-18)5-4-12(19)20/h1-3H,4-9H2,(H,19,20). The molecule has 0 aliphatic carbocycles. The molecule has 1 saturated heterocycles. The van der Waals surface area contributed by atoms with Crippen LogP contribution < -0.4 is 0 Å². The lowest BCUT2D eigenvalue weighted by Crippen LogP contribution is -2.49. The van der Waals surface area contributed by atoms with Crippen molar-refractivity contribution in [2.75, 3.05) is 32.7 Å². The van der Waals surface area contributed by atoms with Gasteiger partial charge in [-0.15, -0.1) is 0 Å². The van der Waals surface area contributed by atoms with E-state index in [0.717, 1.165) is 0 Å². The molecule has 0 saturated carbocycles. The molecular weight excluding hydrogens is 299 g/mol. The number of carbonyl (C=O) groups excluding carboxylic acids is 1. The fourth-order valence-electron chi connectivity index (χ4n) is 2.29. The maximum atomic E-state index is 13.7. The number of hydrogen-bond donors (Lipinski definition) is 1. The highest BCUT2D eigenvalue weighted by Gasteiger charge is 2.25. The van der Waals surface area contributed by atoms with E-state index in [9.17, 15) is 14.0 Å². The van der Waals surface area contributed by atoms with Gasteiger partial charge in [0.1, 0.15) is 5.82 Å². The Balaban J connectivity index is 1.96. The van der Waals surface area contributed by atoms with Crippen molar-refractivity contribution in [3.05, 3.63) is 34.6 Å². The third kappa shape index (κ3) is 3.92. The molecule has 1 aromatic rings. The zero-order valence-electron chi connectivity index (χ0n) is 11.4. The number of benzene rings is 1. The summed E-state index contributed by atoms with van der Waals surface area (Å²) in [6.45, 7) is 2.47. The van der Waals surface area contributed by atoms with Crippen molar-refractivity contribution in [3.63, 3.8) is 0 Å². The van der Waals surface area contributed by atoms with Gasteiger partial charge in [0.25, 0.3) is 5.91 Å². The summed E-state index contributed by atoms with van der Waals surface area (Å²) < 4.78 is 13.7. The predicted octanol–water partition coefficient (Wildman–Crippen LogP) is 1.71. The molecule has 7 heteroatoms. The Kier molecular flexibility index (Phi) is 5.14. The van der Waals surface area contributed by atoms with Gasteiger partial charge in [-0.25, -0.2) is 4.39 Å². The molecule has 0 unspecified atom stereocenters. The molecule has 1 aliphatic rings. The molecular formula is C14H16ClFN2O3. The number of amides is 1. The van der Waals surface area contributed by atoms with Crippen LogP contribution in [-0.4, -0.2) is 59.5 Å². The number of piperazine rings is 1. The van der Waals surface area contributed by atoms with E-state index in [0.29, 0.717) is 32.7 Å². The number of nitrogens with zero attached hydrogens (tertiary/aromatic N) is 2. The molecule has 0 aromatic heterocycles. The van der Waals surface area contributed by atoms with Crippen LogP contribution in [0.2, 0.25) is 5.02 Å². The average molecular weight is 315 g/mol. The average Bonchev–Trinajstić information content (AvgIpc) is 2.45. The monoisotopic (exact) mass is 314 g/mol. The van der Waals surface area contributed by atoms with Gasteiger partial charge >= 0.3 is 5.97 Å². The van der Waals surface area contributed by atoms with Crippen molar-refractivity contribution in [3.8, 4) is 0 Å². The molecule has 114 valence electrons. The molecule has 5 nitrogen and oxygen atoms in total. The normalized spacial score (nSPS) is 16.0. The summed E-state index contributed by atoms with van der Waals surface area (Å²) in [4.78, 5) is 26.3. The zero-order valence-corrected chi connectivity index (χ0v) is 12.1. The number of halogens is 2. The van der Waals surface area contributed by atoms with Gasteiger partial charge in [-0.05, 0) is 12.1 Å². The lowest BCUT2D eigenvalue weighted by atomic mass is 10.1. The quantitative estimate of drug-likeness (QED) is 0.919. The minimum absolute atomic E-state index is 0.0765. The second kappa shape index (κ2) is 6.87. The summed E-state index contributed by atoms with van der Waals surface area (Å²) >= 11 is 5.89. The Labute approximate surface area is 126 Å². The second-order valence-corrected chi connectivity index (χ2v) is 5.28. The molecule has 1 amide bonds. The van der Waals surface area contributed by atoms with E-state index in [-0.39, 0.29) is 17.0 Å². The molecule has 21 heavy (non-hydrogen) atoms. The van der Waals surface area contributed by atoms with Crippen molar-refractivity contribution >= 4 is 23.5 Å². The molecule has 2 rings (SSSR count). The lowest BCUT2D eigenvalue weighted by molar-refractivity contribution is -0.137.